The van der Waals surface area contributed by atoms with E-state index >= 15 is 0 Å². The normalized spacial score (nSPS) is 27.8. The lowest BCUT2D eigenvalue weighted by molar-refractivity contribution is -0.136. The molecule has 1 aromatic rings. The van der Waals surface area contributed by atoms with Crippen LogP contribution in [-0.2, 0) is 22.7 Å². The van der Waals surface area contributed by atoms with E-state index in [9.17, 15) is 14.4 Å². The van der Waals surface area contributed by atoms with Crippen molar-refractivity contribution in [3.8, 4) is 0 Å². The Morgan fingerprint density at radius 3 is 2.85 bits per heavy atom. The topological polar surface area (TPSA) is 90.5 Å². The van der Waals surface area contributed by atoms with Crippen molar-refractivity contribution in [2.45, 2.75) is 63.8 Å². The number of fused-ring (bicyclic) bond motifs is 1. The van der Waals surface area contributed by atoms with Crippen LogP contribution in [-0.4, -0.2) is 47.3 Å². The number of hydrogen-bond acceptors (Lipinski definition) is 5. The lowest BCUT2D eigenvalue weighted by Crippen LogP contribution is -2.52. The molecule has 0 bridgehead atoms. The van der Waals surface area contributed by atoms with Gasteiger partial charge in [-0.25, -0.2) is 0 Å². The Hall–Kier alpha value is -2.25. The third-order valence-corrected chi connectivity index (χ3v) is 5.95. The van der Waals surface area contributed by atoms with Crippen molar-refractivity contribution in [2.75, 3.05) is 6.54 Å². The van der Waals surface area contributed by atoms with E-state index in [1.165, 1.54) is 0 Å². The highest BCUT2D eigenvalue weighted by Crippen LogP contribution is 2.28. The summed E-state index contributed by atoms with van der Waals surface area (Å²) >= 11 is 0. The molecular weight excluding hydrogens is 344 g/mol. The number of hydrogen-bond donors (Lipinski definition) is 3. The second-order valence-electron chi connectivity index (χ2n) is 7.64. The van der Waals surface area contributed by atoms with Gasteiger partial charge in [0, 0.05) is 37.2 Å². The van der Waals surface area contributed by atoms with Gasteiger partial charge in [-0.2, -0.15) is 0 Å². The standard InChI is InChI=1S/C20H26N4O3/c1-2-15-16(7-8-21-15)22-10-12-3-4-13-11-24(20(27)14(13)9-12)17-5-6-18(25)23-19(17)26/h3-4,9,15-17,21-22H,2,5-8,10-11H2,1H3,(H,23,25,26)/t15-,16+,17?/m0/s1. The first-order chi connectivity index (χ1) is 13.1. The van der Waals surface area contributed by atoms with Gasteiger partial charge >= 0.3 is 0 Å². The van der Waals surface area contributed by atoms with Crippen molar-refractivity contribution in [1.29, 1.82) is 0 Å². The molecule has 3 atom stereocenters. The van der Waals surface area contributed by atoms with Gasteiger partial charge in [0.1, 0.15) is 6.04 Å². The highest BCUT2D eigenvalue weighted by atomic mass is 16.2. The lowest BCUT2D eigenvalue weighted by Gasteiger charge is -2.29. The maximum absolute atomic E-state index is 12.9. The summed E-state index contributed by atoms with van der Waals surface area (Å²) in [6.45, 7) is 4.38. The summed E-state index contributed by atoms with van der Waals surface area (Å²) in [5, 5.41) is 9.45. The molecule has 3 heterocycles. The lowest BCUT2D eigenvalue weighted by atomic mass is 10.0. The van der Waals surface area contributed by atoms with Gasteiger partial charge in [0.05, 0.1) is 0 Å². The fourth-order valence-corrected chi connectivity index (χ4v) is 4.40. The van der Waals surface area contributed by atoms with Crippen LogP contribution < -0.4 is 16.0 Å². The average Bonchev–Trinajstić information content (AvgIpc) is 3.24. The Morgan fingerprint density at radius 1 is 1.22 bits per heavy atom. The van der Waals surface area contributed by atoms with E-state index in [2.05, 4.69) is 28.9 Å². The summed E-state index contributed by atoms with van der Waals surface area (Å²) in [5.74, 6) is -0.746. The molecule has 4 rings (SSSR count). The van der Waals surface area contributed by atoms with Crippen molar-refractivity contribution in [3.63, 3.8) is 0 Å². The highest BCUT2D eigenvalue weighted by Gasteiger charge is 2.39. The second-order valence-corrected chi connectivity index (χ2v) is 7.64. The Balaban J connectivity index is 1.43. The van der Waals surface area contributed by atoms with E-state index in [1.807, 2.05) is 12.1 Å². The molecule has 7 heteroatoms. The Bertz CT molecular complexity index is 778. The van der Waals surface area contributed by atoms with Crippen LogP contribution in [0.1, 0.15) is 54.1 Å². The van der Waals surface area contributed by atoms with Gasteiger partial charge in [-0.05, 0) is 43.0 Å². The molecule has 0 aliphatic carbocycles. The van der Waals surface area contributed by atoms with Gasteiger partial charge in [0.15, 0.2) is 0 Å². The average molecular weight is 370 g/mol. The number of benzene rings is 1. The smallest absolute Gasteiger partial charge is 0.255 e. The van der Waals surface area contributed by atoms with E-state index in [0.29, 0.717) is 30.6 Å². The molecular formula is C20H26N4O3. The molecule has 2 saturated heterocycles. The fourth-order valence-electron chi connectivity index (χ4n) is 4.40. The van der Waals surface area contributed by atoms with Crippen molar-refractivity contribution < 1.29 is 14.4 Å². The number of piperidine rings is 1. The van der Waals surface area contributed by atoms with Gasteiger partial charge in [-0.1, -0.05) is 19.1 Å². The van der Waals surface area contributed by atoms with Crippen molar-refractivity contribution in [2.24, 2.45) is 0 Å². The van der Waals surface area contributed by atoms with Crippen LogP contribution in [0.5, 0.6) is 0 Å². The van der Waals surface area contributed by atoms with Crippen molar-refractivity contribution in [3.05, 3.63) is 34.9 Å². The highest BCUT2D eigenvalue weighted by molar-refractivity contribution is 6.05. The van der Waals surface area contributed by atoms with Crippen molar-refractivity contribution >= 4 is 17.7 Å². The van der Waals surface area contributed by atoms with Gasteiger partial charge in [0.2, 0.25) is 11.8 Å². The monoisotopic (exact) mass is 370 g/mol. The number of nitrogens with one attached hydrogen (secondary N) is 3. The predicted octanol–water partition coefficient (Wildman–Crippen LogP) is 0.678. The summed E-state index contributed by atoms with van der Waals surface area (Å²) in [4.78, 5) is 37.9. The first kappa shape index (κ1) is 18.1. The van der Waals surface area contributed by atoms with E-state index in [4.69, 9.17) is 0 Å². The van der Waals surface area contributed by atoms with E-state index in [-0.39, 0.29) is 24.1 Å². The van der Waals surface area contributed by atoms with Crippen LogP contribution in [0.4, 0.5) is 0 Å². The number of rotatable bonds is 5. The van der Waals surface area contributed by atoms with Crippen LogP contribution in [0, 0.1) is 0 Å². The molecule has 1 unspecified atom stereocenters. The molecule has 3 aliphatic rings. The molecule has 0 saturated carbocycles. The van der Waals surface area contributed by atoms with Gasteiger partial charge in [-0.15, -0.1) is 0 Å². The zero-order chi connectivity index (χ0) is 19.0. The zero-order valence-electron chi connectivity index (χ0n) is 15.6. The summed E-state index contributed by atoms with van der Waals surface area (Å²) < 4.78 is 0. The molecule has 7 nitrogen and oxygen atoms in total. The number of carbonyl (C=O) groups is 3. The van der Waals surface area contributed by atoms with Crippen LogP contribution in [0.25, 0.3) is 0 Å². The quantitative estimate of drug-likeness (QED) is 0.663. The van der Waals surface area contributed by atoms with Crippen LogP contribution in [0.3, 0.4) is 0 Å². The van der Waals surface area contributed by atoms with Crippen LogP contribution in [0.2, 0.25) is 0 Å². The molecule has 0 spiro atoms. The molecule has 1 aromatic carbocycles. The third kappa shape index (κ3) is 3.49. The Kier molecular flexibility index (Phi) is 4.97. The van der Waals surface area contributed by atoms with E-state index in [0.717, 1.165) is 37.1 Å². The van der Waals surface area contributed by atoms with Crippen molar-refractivity contribution in [1.82, 2.24) is 20.9 Å². The maximum atomic E-state index is 12.9. The number of carbonyl (C=O) groups excluding carboxylic acids is 3. The summed E-state index contributed by atoms with van der Waals surface area (Å²) in [6.07, 6.45) is 2.89. The number of nitrogens with zero attached hydrogens (tertiary/aromatic N) is 1. The summed E-state index contributed by atoms with van der Waals surface area (Å²) in [7, 11) is 0. The van der Waals surface area contributed by atoms with E-state index < -0.39 is 6.04 Å². The maximum Gasteiger partial charge on any atom is 0.255 e. The molecule has 3 N–H and O–H groups in total. The first-order valence-electron chi connectivity index (χ1n) is 9.80. The number of amides is 3. The predicted molar refractivity (Wildman–Crippen MR) is 99.8 cm³/mol. The minimum atomic E-state index is -0.556. The minimum absolute atomic E-state index is 0.115. The Morgan fingerprint density at radius 2 is 2.07 bits per heavy atom. The fraction of sp³-hybridized carbons (Fsp3) is 0.550. The molecule has 144 valence electrons. The van der Waals surface area contributed by atoms with Gasteiger partial charge in [0.25, 0.3) is 5.91 Å². The number of imide groups is 1. The third-order valence-electron chi connectivity index (χ3n) is 5.95. The first-order valence-corrected chi connectivity index (χ1v) is 9.80. The zero-order valence-corrected chi connectivity index (χ0v) is 15.6. The van der Waals surface area contributed by atoms with Crippen LogP contribution in [0.15, 0.2) is 18.2 Å². The Labute approximate surface area is 158 Å². The molecule has 27 heavy (non-hydrogen) atoms. The largest absolute Gasteiger partial charge is 0.322 e. The molecule has 0 radical (unpaired) electrons. The molecule has 0 aromatic heterocycles. The van der Waals surface area contributed by atoms with Gasteiger partial charge in [-0.3, -0.25) is 19.7 Å². The SMILES string of the molecule is CC[C@@H]1NCC[C@H]1NCc1ccc2c(c1)C(=O)N(C1CCC(=O)NC1=O)C2. The van der Waals surface area contributed by atoms with Crippen LogP contribution >= 0.6 is 0 Å². The van der Waals surface area contributed by atoms with Gasteiger partial charge < -0.3 is 15.5 Å². The summed E-state index contributed by atoms with van der Waals surface area (Å²) in [6, 6.07) is 6.39. The molecule has 3 aliphatic heterocycles. The van der Waals surface area contributed by atoms with E-state index in [1.54, 1.807) is 4.90 Å². The summed E-state index contributed by atoms with van der Waals surface area (Å²) in [5.41, 5.74) is 2.70. The molecule has 2 fully saturated rings. The second kappa shape index (κ2) is 7.40. The molecule has 3 amide bonds. The minimum Gasteiger partial charge on any atom is -0.322 e.